The third-order valence-electron chi connectivity index (χ3n) is 7.80. The van der Waals surface area contributed by atoms with E-state index in [1.54, 1.807) is 0 Å². The molecule has 37 heavy (non-hydrogen) atoms. The number of aliphatic hydroxyl groups is 1. The van der Waals surface area contributed by atoms with Crippen molar-refractivity contribution in [3.05, 3.63) is 144 Å². The molecule has 4 aromatic carbocycles. The van der Waals surface area contributed by atoms with Crippen LogP contribution in [-0.4, -0.2) is 35.8 Å². The molecule has 1 fully saturated rings. The van der Waals surface area contributed by atoms with E-state index in [2.05, 4.69) is 109 Å². The normalized spacial score (nSPS) is 19.4. The minimum atomic E-state index is -0.725. The van der Waals surface area contributed by atoms with Crippen molar-refractivity contribution in [3.63, 3.8) is 0 Å². The Morgan fingerprint density at radius 1 is 0.757 bits per heavy atom. The average Bonchev–Trinajstić information content (AvgIpc) is 2.96. The second-order valence-electron chi connectivity index (χ2n) is 10.3. The first-order chi connectivity index (χ1) is 18.2. The second-order valence-corrected chi connectivity index (χ2v) is 10.3. The van der Waals surface area contributed by atoms with Gasteiger partial charge in [0.25, 0.3) is 0 Å². The molecule has 4 aromatic rings. The molecule has 3 nitrogen and oxygen atoms in total. The summed E-state index contributed by atoms with van der Waals surface area (Å²) in [5.41, 5.74) is 3.90. The molecule has 0 aliphatic carbocycles. The topological polar surface area (TPSA) is 32.7 Å². The smallest absolute Gasteiger partial charge is 0.143 e. The molecule has 1 N–H and O–H groups in total. The van der Waals surface area contributed by atoms with E-state index in [1.165, 1.54) is 5.56 Å². The van der Waals surface area contributed by atoms with Crippen LogP contribution in [-0.2, 0) is 16.9 Å². The largest absolute Gasteiger partial charge is 0.391 e. The number of nitrogens with zero attached hydrogens (tertiary/aromatic N) is 1. The standard InChI is InChI=1S/C34H37NO2/c1-27(32-22-23-35(25-33(32)36)24-28-14-6-2-7-15-28)26-37-34(29-16-8-3-9-17-29,30-18-10-4-11-19-30)31-20-12-5-13-21-31/h2-21,27,32-33,36H,22-26H2,1H3/t27?,32-,33+/m1/s1. The van der Waals surface area contributed by atoms with Gasteiger partial charge in [0.05, 0.1) is 12.7 Å². The first kappa shape index (κ1) is 25.4. The summed E-state index contributed by atoms with van der Waals surface area (Å²) in [6.45, 7) is 5.35. The van der Waals surface area contributed by atoms with E-state index in [1.807, 2.05) is 24.3 Å². The SMILES string of the molecule is CC(COC(c1ccccc1)(c1ccccc1)c1ccccc1)[C@H]1CCN(Cc2ccccc2)C[C@@H]1O. The number of benzene rings is 4. The maximum Gasteiger partial charge on any atom is 0.143 e. The first-order valence-electron chi connectivity index (χ1n) is 13.4. The van der Waals surface area contributed by atoms with Crippen LogP contribution in [0.25, 0.3) is 0 Å². The highest BCUT2D eigenvalue weighted by Gasteiger charge is 2.39. The summed E-state index contributed by atoms with van der Waals surface area (Å²) < 4.78 is 7.05. The Morgan fingerprint density at radius 2 is 1.22 bits per heavy atom. The molecule has 3 atom stereocenters. The summed E-state index contributed by atoms with van der Waals surface area (Å²) in [5.74, 6) is 0.413. The molecular weight excluding hydrogens is 454 g/mol. The Balaban J connectivity index is 1.37. The molecule has 1 aliphatic heterocycles. The fourth-order valence-corrected chi connectivity index (χ4v) is 5.81. The van der Waals surface area contributed by atoms with Crippen LogP contribution in [0.1, 0.15) is 35.6 Å². The lowest BCUT2D eigenvalue weighted by Crippen LogP contribution is -2.46. The maximum absolute atomic E-state index is 11.2. The van der Waals surface area contributed by atoms with Crippen LogP contribution in [0.3, 0.4) is 0 Å². The number of β-amino-alcohol motifs (C(OH)–C–C–N with tert-alkyl or cyclic N) is 1. The molecule has 1 unspecified atom stereocenters. The van der Waals surface area contributed by atoms with Gasteiger partial charge in [-0.1, -0.05) is 128 Å². The van der Waals surface area contributed by atoms with E-state index in [9.17, 15) is 5.11 Å². The molecule has 3 heteroatoms. The third kappa shape index (κ3) is 5.70. The van der Waals surface area contributed by atoms with Gasteiger partial charge in [-0.25, -0.2) is 0 Å². The minimum Gasteiger partial charge on any atom is -0.391 e. The summed E-state index contributed by atoms with van der Waals surface area (Å²) in [6.07, 6.45) is 0.601. The van der Waals surface area contributed by atoms with Gasteiger partial charge in [0.15, 0.2) is 0 Å². The monoisotopic (exact) mass is 491 g/mol. The number of likely N-dealkylation sites (tertiary alicyclic amines) is 1. The molecule has 0 bridgehead atoms. The Bertz CT molecular complexity index is 1120. The van der Waals surface area contributed by atoms with E-state index in [4.69, 9.17) is 4.74 Å². The second kappa shape index (κ2) is 11.9. The van der Waals surface area contributed by atoms with Crippen molar-refractivity contribution >= 4 is 0 Å². The zero-order valence-electron chi connectivity index (χ0n) is 21.6. The first-order valence-corrected chi connectivity index (χ1v) is 13.4. The Kier molecular flexibility index (Phi) is 8.15. The highest BCUT2D eigenvalue weighted by atomic mass is 16.5. The fourth-order valence-electron chi connectivity index (χ4n) is 5.81. The predicted octanol–water partition coefficient (Wildman–Crippen LogP) is 6.51. The molecule has 0 amide bonds. The van der Waals surface area contributed by atoms with Crippen LogP contribution in [0.4, 0.5) is 0 Å². The van der Waals surface area contributed by atoms with Crippen molar-refractivity contribution in [2.75, 3.05) is 19.7 Å². The van der Waals surface area contributed by atoms with Crippen LogP contribution < -0.4 is 0 Å². The van der Waals surface area contributed by atoms with Crippen molar-refractivity contribution in [1.29, 1.82) is 0 Å². The number of piperidine rings is 1. The van der Waals surface area contributed by atoms with Crippen molar-refractivity contribution in [1.82, 2.24) is 4.90 Å². The number of rotatable bonds is 9. The molecule has 0 saturated carbocycles. The lowest BCUT2D eigenvalue weighted by atomic mass is 9.79. The Morgan fingerprint density at radius 3 is 1.68 bits per heavy atom. The van der Waals surface area contributed by atoms with Crippen molar-refractivity contribution in [2.45, 2.75) is 31.6 Å². The predicted molar refractivity (Wildman–Crippen MR) is 150 cm³/mol. The van der Waals surface area contributed by atoms with Gasteiger partial charge in [-0.05, 0) is 47.1 Å². The molecule has 0 spiro atoms. The highest BCUT2D eigenvalue weighted by molar-refractivity contribution is 5.47. The molecule has 0 aromatic heterocycles. The average molecular weight is 492 g/mol. The van der Waals surface area contributed by atoms with Crippen LogP contribution >= 0.6 is 0 Å². The van der Waals surface area contributed by atoms with Crippen molar-refractivity contribution in [3.8, 4) is 0 Å². The van der Waals surface area contributed by atoms with Gasteiger partial charge >= 0.3 is 0 Å². The van der Waals surface area contributed by atoms with Gasteiger partial charge < -0.3 is 9.84 Å². The quantitative estimate of drug-likeness (QED) is 0.271. The number of hydrogen-bond acceptors (Lipinski definition) is 3. The minimum absolute atomic E-state index is 0.201. The van der Waals surface area contributed by atoms with E-state index in [0.717, 1.165) is 36.2 Å². The van der Waals surface area contributed by atoms with Crippen molar-refractivity contribution < 1.29 is 9.84 Å². The van der Waals surface area contributed by atoms with E-state index in [-0.39, 0.29) is 17.9 Å². The summed E-state index contributed by atoms with van der Waals surface area (Å²) in [4.78, 5) is 2.37. The summed E-state index contributed by atoms with van der Waals surface area (Å²) in [7, 11) is 0. The number of hydrogen-bond donors (Lipinski definition) is 1. The maximum atomic E-state index is 11.2. The van der Waals surface area contributed by atoms with Crippen LogP contribution in [0, 0.1) is 11.8 Å². The van der Waals surface area contributed by atoms with Crippen LogP contribution in [0.2, 0.25) is 0 Å². The molecule has 0 radical (unpaired) electrons. The third-order valence-corrected chi connectivity index (χ3v) is 7.80. The Hall–Kier alpha value is -3.24. The fraction of sp³-hybridized carbons (Fsp3) is 0.294. The van der Waals surface area contributed by atoms with Gasteiger partial charge in [-0.3, -0.25) is 4.90 Å². The van der Waals surface area contributed by atoms with Crippen LogP contribution in [0.15, 0.2) is 121 Å². The van der Waals surface area contributed by atoms with E-state index < -0.39 is 5.60 Å². The number of ether oxygens (including phenoxy) is 1. The summed E-state index contributed by atoms with van der Waals surface area (Å²) >= 11 is 0. The van der Waals surface area contributed by atoms with Gasteiger partial charge in [-0.15, -0.1) is 0 Å². The van der Waals surface area contributed by atoms with Gasteiger partial charge in [0.2, 0.25) is 0 Å². The number of aliphatic hydroxyl groups excluding tert-OH is 1. The lowest BCUT2D eigenvalue weighted by Gasteiger charge is -2.41. The Labute approximate surface area is 221 Å². The van der Waals surface area contributed by atoms with E-state index in [0.29, 0.717) is 13.2 Å². The summed E-state index contributed by atoms with van der Waals surface area (Å²) in [5, 5.41) is 11.2. The molecule has 1 heterocycles. The lowest BCUT2D eigenvalue weighted by molar-refractivity contribution is -0.0549. The van der Waals surface area contributed by atoms with Crippen molar-refractivity contribution in [2.24, 2.45) is 11.8 Å². The zero-order chi connectivity index (χ0) is 25.5. The van der Waals surface area contributed by atoms with Gasteiger partial charge in [0, 0.05) is 13.1 Å². The zero-order valence-corrected chi connectivity index (χ0v) is 21.6. The van der Waals surface area contributed by atoms with Gasteiger partial charge in [0.1, 0.15) is 5.60 Å². The summed E-state index contributed by atoms with van der Waals surface area (Å²) in [6, 6.07) is 42.1. The molecule has 5 rings (SSSR count). The molecule has 190 valence electrons. The molecule has 1 aliphatic rings. The van der Waals surface area contributed by atoms with E-state index >= 15 is 0 Å². The van der Waals surface area contributed by atoms with Gasteiger partial charge in [-0.2, -0.15) is 0 Å². The highest BCUT2D eigenvalue weighted by Crippen LogP contribution is 2.41. The molecular formula is C34H37NO2. The van der Waals surface area contributed by atoms with Crippen LogP contribution in [0.5, 0.6) is 0 Å². The molecule has 1 saturated heterocycles.